The first-order valence-corrected chi connectivity index (χ1v) is 5.09. The summed E-state index contributed by atoms with van der Waals surface area (Å²) in [6, 6.07) is 9.73. The van der Waals surface area contributed by atoms with Crippen LogP contribution in [0.4, 0.5) is 5.95 Å². The van der Waals surface area contributed by atoms with Crippen molar-refractivity contribution in [2.75, 3.05) is 11.9 Å². The van der Waals surface area contributed by atoms with Gasteiger partial charge in [0, 0.05) is 18.0 Å². The highest BCUT2D eigenvalue weighted by molar-refractivity contribution is 5.72. The van der Waals surface area contributed by atoms with Crippen molar-refractivity contribution in [3.05, 3.63) is 42.7 Å². The van der Waals surface area contributed by atoms with Crippen LogP contribution in [0, 0.1) is 0 Å². The van der Waals surface area contributed by atoms with Crippen LogP contribution < -0.4 is 5.32 Å². The van der Waals surface area contributed by atoms with Crippen LogP contribution in [0.15, 0.2) is 42.7 Å². The minimum Gasteiger partial charge on any atom is -0.480 e. The molecule has 2 rings (SSSR count). The Labute approximate surface area is 98.2 Å². The number of benzene rings is 1. The fourth-order valence-corrected chi connectivity index (χ4v) is 1.35. The Hall–Kier alpha value is -2.43. The van der Waals surface area contributed by atoms with Gasteiger partial charge < -0.3 is 10.4 Å². The van der Waals surface area contributed by atoms with Crippen molar-refractivity contribution in [3.8, 4) is 11.1 Å². The molecule has 0 spiro atoms. The number of hydrogen-bond acceptors (Lipinski definition) is 4. The van der Waals surface area contributed by atoms with Crippen LogP contribution in [0.25, 0.3) is 11.1 Å². The Balaban J connectivity index is 2.11. The minimum atomic E-state index is -0.944. The molecule has 0 aliphatic heterocycles. The maximum Gasteiger partial charge on any atom is 0.322 e. The number of anilines is 1. The van der Waals surface area contributed by atoms with Gasteiger partial charge >= 0.3 is 5.97 Å². The molecule has 0 bridgehead atoms. The van der Waals surface area contributed by atoms with Crippen molar-refractivity contribution in [2.45, 2.75) is 0 Å². The van der Waals surface area contributed by atoms with Crippen LogP contribution in [0.1, 0.15) is 0 Å². The second-order valence-electron chi connectivity index (χ2n) is 3.41. The zero-order chi connectivity index (χ0) is 12.1. The molecule has 2 aromatic rings. The third kappa shape index (κ3) is 3.01. The van der Waals surface area contributed by atoms with Crippen LogP contribution in [0.3, 0.4) is 0 Å². The lowest BCUT2D eigenvalue weighted by atomic mass is 10.1. The topological polar surface area (TPSA) is 75.1 Å². The van der Waals surface area contributed by atoms with Crippen molar-refractivity contribution < 1.29 is 9.90 Å². The van der Waals surface area contributed by atoms with Gasteiger partial charge in [-0.05, 0) is 5.56 Å². The normalized spacial score (nSPS) is 9.88. The maximum absolute atomic E-state index is 10.3. The van der Waals surface area contributed by atoms with E-state index in [0.29, 0.717) is 5.95 Å². The van der Waals surface area contributed by atoms with E-state index < -0.39 is 5.97 Å². The van der Waals surface area contributed by atoms with Gasteiger partial charge in [-0.25, -0.2) is 9.97 Å². The molecule has 0 saturated carbocycles. The first kappa shape index (κ1) is 11.1. The molecular formula is C12H11N3O2. The minimum absolute atomic E-state index is 0.190. The van der Waals surface area contributed by atoms with Crippen LogP contribution in [-0.2, 0) is 4.79 Å². The Bertz CT molecular complexity index is 497. The van der Waals surface area contributed by atoms with Crippen LogP contribution in [0.5, 0.6) is 0 Å². The summed E-state index contributed by atoms with van der Waals surface area (Å²) < 4.78 is 0. The van der Waals surface area contributed by atoms with E-state index in [1.165, 1.54) is 0 Å². The molecule has 0 amide bonds. The Morgan fingerprint density at radius 1 is 1.12 bits per heavy atom. The van der Waals surface area contributed by atoms with Gasteiger partial charge in [-0.15, -0.1) is 0 Å². The van der Waals surface area contributed by atoms with Crippen molar-refractivity contribution in [2.24, 2.45) is 0 Å². The van der Waals surface area contributed by atoms with E-state index in [0.717, 1.165) is 11.1 Å². The molecule has 0 unspecified atom stereocenters. The fourth-order valence-electron chi connectivity index (χ4n) is 1.35. The molecule has 1 aromatic carbocycles. The molecule has 0 aliphatic carbocycles. The van der Waals surface area contributed by atoms with Gasteiger partial charge in [-0.3, -0.25) is 4.79 Å². The lowest BCUT2D eigenvalue weighted by Gasteiger charge is -2.03. The summed E-state index contributed by atoms with van der Waals surface area (Å²) in [5, 5.41) is 11.1. The first-order valence-electron chi connectivity index (χ1n) is 5.09. The molecule has 1 aromatic heterocycles. The van der Waals surface area contributed by atoms with Gasteiger partial charge in [-0.1, -0.05) is 30.3 Å². The smallest absolute Gasteiger partial charge is 0.322 e. The van der Waals surface area contributed by atoms with Crippen LogP contribution >= 0.6 is 0 Å². The molecule has 17 heavy (non-hydrogen) atoms. The van der Waals surface area contributed by atoms with Crippen molar-refractivity contribution in [1.82, 2.24) is 9.97 Å². The average molecular weight is 229 g/mol. The van der Waals surface area contributed by atoms with Crippen LogP contribution in [-0.4, -0.2) is 27.6 Å². The molecule has 86 valence electrons. The largest absolute Gasteiger partial charge is 0.480 e. The second kappa shape index (κ2) is 5.07. The molecule has 0 atom stereocenters. The van der Waals surface area contributed by atoms with Gasteiger partial charge in [0.25, 0.3) is 0 Å². The zero-order valence-corrected chi connectivity index (χ0v) is 9.00. The Morgan fingerprint density at radius 3 is 2.35 bits per heavy atom. The second-order valence-corrected chi connectivity index (χ2v) is 3.41. The van der Waals surface area contributed by atoms with Crippen molar-refractivity contribution >= 4 is 11.9 Å². The highest BCUT2D eigenvalue weighted by Crippen LogP contribution is 2.16. The molecular weight excluding hydrogens is 218 g/mol. The maximum atomic E-state index is 10.3. The summed E-state index contributed by atoms with van der Waals surface area (Å²) >= 11 is 0. The van der Waals surface area contributed by atoms with E-state index in [2.05, 4.69) is 15.3 Å². The molecule has 0 aliphatic rings. The number of carbonyl (C=O) groups is 1. The van der Waals surface area contributed by atoms with E-state index in [1.807, 2.05) is 30.3 Å². The number of rotatable bonds is 4. The van der Waals surface area contributed by atoms with Gasteiger partial charge in [0.1, 0.15) is 6.54 Å². The first-order chi connectivity index (χ1) is 8.25. The predicted octanol–water partition coefficient (Wildman–Crippen LogP) is 1.64. The van der Waals surface area contributed by atoms with Gasteiger partial charge in [0.15, 0.2) is 0 Å². The van der Waals surface area contributed by atoms with Crippen molar-refractivity contribution in [1.29, 1.82) is 0 Å². The molecule has 0 fully saturated rings. The Morgan fingerprint density at radius 2 is 1.76 bits per heavy atom. The molecule has 5 nitrogen and oxygen atoms in total. The third-order valence-electron chi connectivity index (χ3n) is 2.16. The van der Waals surface area contributed by atoms with Crippen LogP contribution in [0.2, 0.25) is 0 Å². The highest BCUT2D eigenvalue weighted by Gasteiger charge is 2.01. The number of aromatic nitrogens is 2. The monoisotopic (exact) mass is 229 g/mol. The number of nitrogens with zero attached hydrogens (tertiary/aromatic N) is 2. The van der Waals surface area contributed by atoms with E-state index in [4.69, 9.17) is 5.11 Å². The molecule has 5 heteroatoms. The van der Waals surface area contributed by atoms with Gasteiger partial charge in [0.2, 0.25) is 5.95 Å². The average Bonchev–Trinajstić information content (AvgIpc) is 2.38. The Kier molecular flexibility index (Phi) is 3.30. The third-order valence-corrected chi connectivity index (χ3v) is 2.16. The zero-order valence-electron chi connectivity index (χ0n) is 9.00. The standard InChI is InChI=1S/C12H11N3O2/c16-11(17)8-15-12-13-6-10(7-14-12)9-4-2-1-3-5-9/h1-7H,8H2,(H,16,17)(H,13,14,15). The lowest BCUT2D eigenvalue weighted by molar-refractivity contribution is -0.134. The van der Waals surface area contributed by atoms with Gasteiger partial charge in [0.05, 0.1) is 0 Å². The summed E-state index contributed by atoms with van der Waals surface area (Å²) in [6.45, 7) is -0.190. The number of hydrogen-bond donors (Lipinski definition) is 2. The summed E-state index contributed by atoms with van der Waals surface area (Å²) in [5.74, 6) is -0.632. The molecule has 0 radical (unpaired) electrons. The highest BCUT2D eigenvalue weighted by atomic mass is 16.4. The van der Waals surface area contributed by atoms with Gasteiger partial charge in [-0.2, -0.15) is 0 Å². The SMILES string of the molecule is O=C(O)CNc1ncc(-c2ccccc2)cn1. The number of nitrogens with one attached hydrogen (secondary N) is 1. The molecule has 2 N–H and O–H groups in total. The molecule has 0 saturated heterocycles. The summed E-state index contributed by atoms with van der Waals surface area (Å²) in [6.07, 6.45) is 3.32. The van der Waals surface area contributed by atoms with E-state index in [-0.39, 0.29) is 6.54 Å². The molecule has 1 heterocycles. The fraction of sp³-hybridized carbons (Fsp3) is 0.0833. The summed E-state index contributed by atoms with van der Waals surface area (Å²) in [5.41, 5.74) is 1.92. The number of aliphatic carboxylic acids is 1. The number of carboxylic acids is 1. The summed E-state index contributed by atoms with van der Waals surface area (Å²) in [7, 11) is 0. The lowest BCUT2D eigenvalue weighted by Crippen LogP contribution is -2.14. The van der Waals surface area contributed by atoms with E-state index in [9.17, 15) is 4.79 Å². The predicted molar refractivity (Wildman–Crippen MR) is 63.6 cm³/mol. The van der Waals surface area contributed by atoms with E-state index in [1.54, 1.807) is 12.4 Å². The van der Waals surface area contributed by atoms with E-state index >= 15 is 0 Å². The van der Waals surface area contributed by atoms with Crippen molar-refractivity contribution in [3.63, 3.8) is 0 Å². The summed E-state index contributed by atoms with van der Waals surface area (Å²) in [4.78, 5) is 18.4. The quantitative estimate of drug-likeness (QED) is 0.833. The number of carboxylic acid groups (broad SMARTS) is 1.